The predicted octanol–water partition coefficient (Wildman–Crippen LogP) is 1.63. The highest BCUT2D eigenvalue weighted by molar-refractivity contribution is 5.98. The molecule has 0 aliphatic rings. The lowest BCUT2D eigenvalue weighted by atomic mass is 10.1. The minimum Gasteiger partial charge on any atom is -0.397 e. The van der Waals surface area contributed by atoms with E-state index in [9.17, 15) is 0 Å². The normalized spacial score (nSPS) is 10.8. The molecular weight excluding hydrogens is 242 g/mol. The number of nitrogens with zero attached hydrogens (tertiary/aromatic N) is 1. The number of ether oxygens (including phenoxy) is 1. The van der Waals surface area contributed by atoms with Crippen LogP contribution in [0.5, 0.6) is 0 Å². The third-order valence-electron chi connectivity index (χ3n) is 2.82. The molecule has 1 aromatic carbocycles. The summed E-state index contributed by atoms with van der Waals surface area (Å²) >= 11 is 0. The van der Waals surface area contributed by atoms with Crippen LogP contribution in [-0.2, 0) is 4.74 Å². The molecule has 0 aliphatic heterocycles. The molecule has 4 N–H and O–H groups in total. The number of hydrogen-bond donors (Lipinski definition) is 3. The van der Waals surface area contributed by atoms with Gasteiger partial charge in [0.2, 0.25) is 0 Å². The van der Waals surface area contributed by atoms with Crippen molar-refractivity contribution in [1.29, 1.82) is 0 Å². The number of hydrogen-bond acceptors (Lipinski definition) is 5. The lowest BCUT2D eigenvalue weighted by Gasteiger charge is -2.10. The molecule has 19 heavy (non-hydrogen) atoms. The van der Waals surface area contributed by atoms with E-state index < -0.39 is 0 Å². The van der Waals surface area contributed by atoms with Gasteiger partial charge in [-0.3, -0.25) is 4.98 Å². The van der Waals surface area contributed by atoms with Crippen molar-refractivity contribution in [3.05, 3.63) is 30.5 Å². The molecular formula is C14H19N3O2. The molecule has 2 aromatic rings. The average Bonchev–Trinajstić information content (AvgIpc) is 2.45. The Morgan fingerprint density at radius 3 is 3.00 bits per heavy atom. The second-order valence-corrected chi connectivity index (χ2v) is 4.22. The van der Waals surface area contributed by atoms with Crippen molar-refractivity contribution in [2.24, 2.45) is 0 Å². The summed E-state index contributed by atoms with van der Waals surface area (Å²) in [6.07, 6.45) is 2.62. The largest absolute Gasteiger partial charge is 0.397 e. The van der Waals surface area contributed by atoms with Crippen LogP contribution in [0.1, 0.15) is 6.42 Å². The van der Waals surface area contributed by atoms with E-state index in [2.05, 4.69) is 10.3 Å². The number of aromatic nitrogens is 1. The Labute approximate surface area is 112 Å². The maximum absolute atomic E-state index is 8.59. The van der Waals surface area contributed by atoms with E-state index in [1.54, 1.807) is 6.20 Å². The van der Waals surface area contributed by atoms with Crippen LogP contribution >= 0.6 is 0 Å². The lowest BCUT2D eigenvalue weighted by molar-refractivity contribution is 0.0922. The summed E-state index contributed by atoms with van der Waals surface area (Å²) in [5, 5.41) is 13.0. The summed E-state index contributed by atoms with van der Waals surface area (Å²) < 4.78 is 5.20. The summed E-state index contributed by atoms with van der Waals surface area (Å²) in [5.41, 5.74) is 8.44. The van der Waals surface area contributed by atoms with E-state index in [0.717, 1.165) is 29.6 Å². The highest BCUT2D eigenvalue weighted by Crippen LogP contribution is 2.26. The summed E-state index contributed by atoms with van der Waals surface area (Å²) in [7, 11) is 0. The molecule has 1 heterocycles. The standard InChI is InChI=1S/C14H19N3O2/c15-12-4-5-13(11-3-1-6-17-14(11)12)16-7-2-9-19-10-8-18/h1,3-6,16,18H,2,7-10,15H2. The van der Waals surface area contributed by atoms with Crippen LogP contribution in [0.15, 0.2) is 30.5 Å². The molecule has 0 radical (unpaired) electrons. The minimum absolute atomic E-state index is 0.0711. The van der Waals surface area contributed by atoms with Gasteiger partial charge in [0.15, 0.2) is 0 Å². The van der Waals surface area contributed by atoms with Crippen LogP contribution in [0.25, 0.3) is 10.9 Å². The van der Waals surface area contributed by atoms with Crippen LogP contribution in [0.2, 0.25) is 0 Å². The van der Waals surface area contributed by atoms with Gasteiger partial charge in [-0.15, -0.1) is 0 Å². The zero-order valence-corrected chi connectivity index (χ0v) is 10.8. The van der Waals surface area contributed by atoms with Crippen LogP contribution in [0, 0.1) is 0 Å². The van der Waals surface area contributed by atoms with Crippen LogP contribution in [0.4, 0.5) is 11.4 Å². The van der Waals surface area contributed by atoms with E-state index >= 15 is 0 Å². The minimum atomic E-state index is 0.0711. The molecule has 0 bridgehead atoms. The second-order valence-electron chi connectivity index (χ2n) is 4.22. The SMILES string of the molecule is Nc1ccc(NCCCOCCO)c2cccnc12. The van der Waals surface area contributed by atoms with Gasteiger partial charge in [-0.2, -0.15) is 0 Å². The Morgan fingerprint density at radius 2 is 2.16 bits per heavy atom. The third kappa shape index (κ3) is 3.56. The molecule has 0 aliphatic carbocycles. The highest BCUT2D eigenvalue weighted by atomic mass is 16.5. The van der Waals surface area contributed by atoms with Crippen LogP contribution in [-0.4, -0.2) is 36.5 Å². The summed E-state index contributed by atoms with van der Waals surface area (Å²) in [6, 6.07) is 7.73. The molecule has 5 nitrogen and oxygen atoms in total. The fourth-order valence-corrected chi connectivity index (χ4v) is 1.91. The number of fused-ring (bicyclic) bond motifs is 1. The Morgan fingerprint density at radius 1 is 1.26 bits per heavy atom. The van der Waals surface area contributed by atoms with Gasteiger partial charge in [0, 0.05) is 30.4 Å². The summed E-state index contributed by atoms with van der Waals surface area (Å²) in [4.78, 5) is 4.29. The highest BCUT2D eigenvalue weighted by Gasteiger charge is 2.03. The van der Waals surface area contributed by atoms with Crippen molar-refractivity contribution in [1.82, 2.24) is 4.98 Å². The third-order valence-corrected chi connectivity index (χ3v) is 2.82. The molecule has 0 saturated carbocycles. The number of pyridine rings is 1. The summed E-state index contributed by atoms with van der Waals surface area (Å²) in [5.74, 6) is 0. The number of nitrogens with two attached hydrogens (primary N) is 1. The number of nitrogen functional groups attached to an aromatic ring is 1. The molecule has 1 aromatic heterocycles. The van der Waals surface area contributed by atoms with Gasteiger partial charge in [0.25, 0.3) is 0 Å². The number of rotatable bonds is 7. The van der Waals surface area contributed by atoms with Gasteiger partial charge in [-0.25, -0.2) is 0 Å². The van der Waals surface area contributed by atoms with E-state index in [1.165, 1.54) is 0 Å². The van der Waals surface area contributed by atoms with E-state index in [1.807, 2.05) is 24.3 Å². The van der Waals surface area contributed by atoms with Gasteiger partial charge in [0.05, 0.1) is 24.4 Å². The molecule has 102 valence electrons. The quantitative estimate of drug-likeness (QED) is 0.521. The lowest BCUT2D eigenvalue weighted by Crippen LogP contribution is -2.08. The Hall–Kier alpha value is -1.85. The van der Waals surface area contributed by atoms with Crippen LogP contribution in [0.3, 0.4) is 0 Å². The van der Waals surface area contributed by atoms with Crippen molar-refractivity contribution >= 4 is 22.3 Å². The van der Waals surface area contributed by atoms with Gasteiger partial charge in [-0.1, -0.05) is 0 Å². The number of aliphatic hydroxyl groups excluding tert-OH is 1. The molecule has 5 heteroatoms. The molecule has 0 amide bonds. The topological polar surface area (TPSA) is 80.4 Å². The fourth-order valence-electron chi connectivity index (χ4n) is 1.91. The maximum atomic E-state index is 8.59. The van der Waals surface area contributed by atoms with Crippen molar-refractivity contribution < 1.29 is 9.84 Å². The Kier molecular flexibility index (Phi) is 4.94. The molecule has 0 spiro atoms. The number of benzene rings is 1. The number of anilines is 2. The first-order valence-electron chi connectivity index (χ1n) is 6.38. The number of aliphatic hydroxyl groups is 1. The molecule has 0 atom stereocenters. The average molecular weight is 261 g/mol. The second kappa shape index (κ2) is 6.92. The van der Waals surface area contributed by atoms with Crippen molar-refractivity contribution in [3.63, 3.8) is 0 Å². The zero-order chi connectivity index (χ0) is 13.5. The van der Waals surface area contributed by atoms with Gasteiger partial charge < -0.3 is 20.9 Å². The Bertz CT molecular complexity index is 531. The van der Waals surface area contributed by atoms with Crippen molar-refractivity contribution in [2.75, 3.05) is 37.4 Å². The van der Waals surface area contributed by atoms with E-state index in [4.69, 9.17) is 15.6 Å². The fraction of sp³-hybridized carbons (Fsp3) is 0.357. The van der Waals surface area contributed by atoms with E-state index in [0.29, 0.717) is 18.9 Å². The monoisotopic (exact) mass is 261 g/mol. The predicted molar refractivity (Wildman–Crippen MR) is 77.2 cm³/mol. The number of nitrogens with one attached hydrogen (secondary N) is 1. The molecule has 0 unspecified atom stereocenters. The van der Waals surface area contributed by atoms with Gasteiger partial charge in [-0.05, 0) is 30.7 Å². The first-order valence-corrected chi connectivity index (χ1v) is 6.38. The maximum Gasteiger partial charge on any atom is 0.0951 e. The first-order chi connectivity index (χ1) is 9.33. The van der Waals surface area contributed by atoms with Crippen molar-refractivity contribution in [2.45, 2.75) is 6.42 Å². The van der Waals surface area contributed by atoms with Gasteiger partial charge >= 0.3 is 0 Å². The smallest absolute Gasteiger partial charge is 0.0951 e. The molecule has 0 fully saturated rings. The van der Waals surface area contributed by atoms with Crippen molar-refractivity contribution in [3.8, 4) is 0 Å². The summed E-state index contributed by atoms with van der Waals surface area (Å²) in [6.45, 7) is 1.91. The first kappa shape index (κ1) is 13.6. The van der Waals surface area contributed by atoms with E-state index in [-0.39, 0.29) is 6.61 Å². The van der Waals surface area contributed by atoms with Crippen LogP contribution < -0.4 is 11.1 Å². The Balaban J connectivity index is 1.96. The molecule has 0 saturated heterocycles. The molecule has 2 rings (SSSR count). The van der Waals surface area contributed by atoms with Gasteiger partial charge in [0.1, 0.15) is 0 Å². The zero-order valence-electron chi connectivity index (χ0n) is 10.8.